The number of piperidine rings is 1. The topological polar surface area (TPSA) is 42.4 Å². The van der Waals surface area contributed by atoms with E-state index in [2.05, 4.69) is 11.9 Å². The molecule has 1 amide bonds. The predicted octanol–water partition coefficient (Wildman–Crippen LogP) is 2.19. The van der Waals surface area contributed by atoms with Crippen LogP contribution in [0.2, 0.25) is 0 Å². The highest BCUT2D eigenvalue weighted by Crippen LogP contribution is 2.29. The largest absolute Gasteiger partial charge is 0.372 e. The van der Waals surface area contributed by atoms with Crippen LogP contribution in [0.15, 0.2) is 6.20 Å². The fourth-order valence-corrected chi connectivity index (χ4v) is 3.15. The molecule has 1 unspecified atom stereocenters. The van der Waals surface area contributed by atoms with Crippen molar-refractivity contribution < 1.29 is 9.53 Å². The van der Waals surface area contributed by atoms with Gasteiger partial charge in [0.2, 0.25) is 5.91 Å². The lowest BCUT2D eigenvalue weighted by atomic mass is 9.99. The van der Waals surface area contributed by atoms with Crippen molar-refractivity contribution in [2.75, 3.05) is 26.3 Å². The van der Waals surface area contributed by atoms with Crippen molar-refractivity contribution in [1.82, 2.24) is 9.88 Å². The predicted molar refractivity (Wildman–Crippen MR) is 71.9 cm³/mol. The van der Waals surface area contributed by atoms with Crippen molar-refractivity contribution in [2.45, 2.75) is 32.6 Å². The number of hydrogen-bond acceptors (Lipinski definition) is 4. The zero-order valence-electron chi connectivity index (χ0n) is 11.0. The number of ether oxygens (including phenoxy) is 1. The molecule has 1 atom stereocenters. The first kappa shape index (κ1) is 13.5. The van der Waals surface area contributed by atoms with E-state index in [0.717, 1.165) is 25.9 Å². The Kier molecular flexibility index (Phi) is 4.72. The van der Waals surface area contributed by atoms with Crippen LogP contribution in [0.4, 0.5) is 0 Å². The minimum absolute atomic E-state index is 0.106. The molecule has 0 bridgehead atoms. The van der Waals surface area contributed by atoms with Crippen LogP contribution in [-0.4, -0.2) is 42.1 Å². The van der Waals surface area contributed by atoms with Gasteiger partial charge >= 0.3 is 0 Å². The standard InChI is InChI=1S/C13H20N2O2S/c1-3-17-9-12(16)15-6-4-5-11(8-15)13-14-7-10(2)18-13/h7,11H,3-6,8-9H2,1-2H3. The van der Waals surface area contributed by atoms with Gasteiger partial charge in [-0.15, -0.1) is 11.3 Å². The number of amides is 1. The fraction of sp³-hybridized carbons (Fsp3) is 0.692. The molecule has 1 aromatic rings. The number of aromatic nitrogens is 1. The Morgan fingerprint density at radius 3 is 3.17 bits per heavy atom. The number of thiazole rings is 1. The molecule has 1 fully saturated rings. The summed E-state index contributed by atoms with van der Waals surface area (Å²) in [5, 5.41) is 1.17. The molecule has 0 aromatic carbocycles. The molecular formula is C13H20N2O2S. The van der Waals surface area contributed by atoms with Crippen molar-refractivity contribution in [3.63, 3.8) is 0 Å². The van der Waals surface area contributed by atoms with Gasteiger partial charge < -0.3 is 9.64 Å². The number of hydrogen-bond donors (Lipinski definition) is 0. The fourth-order valence-electron chi connectivity index (χ4n) is 2.25. The van der Waals surface area contributed by atoms with Crippen LogP contribution in [-0.2, 0) is 9.53 Å². The third-order valence-electron chi connectivity index (χ3n) is 3.19. The van der Waals surface area contributed by atoms with E-state index in [1.165, 1.54) is 9.88 Å². The molecule has 0 saturated carbocycles. The summed E-state index contributed by atoms with van der Waals surface area (Å²) < 4.78 is 5.19. The highest BCUT2D eigenvalue weighted by molar-refractivity contribution is 7.11. The highest BCUT2D eigenvalue weighted by atomic mass is 32.1. The third kappa shape index (κ3) is 3.29. The van der Waals surface area contributed by atoms with Gasteiger partial charge in [0.15, 0.2) is 0 Å². The van der Waals surface area contributed by atoms with Crippen LogP contribution in [0.25, 0.3) is 0 Å². The van der Waals surface area contributed by atoms with Crippen molar-refractivity contribution in [2.24, 2.45) is 0 Å². The zero-order valence-corrected chi connectivity index (χ0v) is 11.8. The first-order chi connectivity index (χ1) is 8.70. The van der Waals surface area contributed by atoms with Crippen LogP contribution >= 0.6 is 11.3 Å². The summed E-state index contributed by atoms with van der Waals surface area (Å²) >= 11 is 1.75. The van der Waals surface area contributed by atoms with Gasteiger partial charge in [0.05, 0.1) is 5.01 Å². The maximum absolute atomic E-state index is 11.9. The minimum atomic E-state index is 0.106. The summed E-state index contributed by atoms with van der Waals surface area (Å²) in [7, 11) is 0. The van der Waals surface area contributed by atoms with E-state index in [-0.39, 0.29) is 12.5 Å². The van der Waals surface area contributed by atoms with Crippen molar-refractivity contribution in [3.8, 4) is 0 Å². The Morgan fingerprint density at radius 2 is 2.50 bits per heavy atom. The lowest BCUT2D eigenvalue weighted by molar-refractivity contribution is -0.137. The average molecular weight is 268 g/mol. The molecule has 2 rings (SSSR count). The summed E-state index contributed by atoms with van der Waals surface area (Å²) in [5.41, 5.74) is 0. The lowest BCUT2D eigenvalue weighted by Gasteiger charge is -2.31. The zero-order chi connectivity index (χ0) is 13.0. The van der Waals surface area contributed by atoms with Gasteiger partial charge in [-0.25, -0.2) is 4.98 Å². The molecule has 2 heterocycles. The van der Waals surface area contributed by atoms with E-state index in [4.69, 9.17) is 4.74 Å². The smallest absolute Gasteiger partial charge is 0.248 e. The second kappa shape index (κ2) is 6.29. The summed E-state index contributed by atoms with van der Waals surface area (Å²) in [6.07, 6.45) is 4.10. The number of nitrogens with zero attached hydrogens (tertiary/aromatic N) is 2. The molecule has 0 spiro atoms. The van der Waals surface area contributed by atoms with Crippen molar-refractivity contribution >= 4 is 17.2 Å². The quantitative estimate of drug-likeness (QED) is 0.840. The van der Waals surface area contributed by atoms with Crippen LogP contribution in [0.3, 0.4) is 0 Å². The lowest BCUT2D eigenvalue weighted by Crippen LogP contribution is -2.41. The van der Waals surface area contributed by atoms with E-state index in [1.54, 1.807) is 11.3 Å². The number of carbonyl (C=O) groups is 1. The monoisotopic (exact) mass is 268 g/mol. The molecule has 1 aliphatic heterocycles. The summed E-state index contributed by atoms with van der Waals surface area (Å²) in [6.45, 7) is 6.42. The summed E-state index contributed by atoms with van der Waals surface area (Å²) in [6, 6.07) is 0. The summed E-state index contributed by atoms with van der Waals surface area (Å²) in [4.78, 5) is 19.5. The molecule has 1 aromatic heterocycles. The molecule has 18 heavy (non-hydrogen) atoms. The Labute approximate surface area is 112 Å². The Morgan fingerprint density at radius 1 is 1.67 bits per heavy atom. The van der Waals surface area contributed by atoms with Gasteiger partial charge in [-0.2, -0.15) is 0 Å². The Hall–Kier alpha value is -0.940. The van der Waals surface area contributed by atoms with Crippen LogP contribution in [0.1, 0.15) is 35.6 Å². The van der Waals surface area contributed by atoms with Gasteiger partial charge in [-0.3, -0.25) is 4.79 Å². The van der Waals surface area contributed by atoms with Gasteiger partial charge in [0.1, 0.15) is 6.61 Å². The number of rotatable bonds is 4. The molecule has 4 nitrogen and oxygen atoms in total. The second-order valence-electron chi connectivity index (χ2n) is 4.63. The number of likely N-dealkylation sites (tertiary alicyclic amines) is 1. The van der Waals surface area contributed by atoms with Crippen LogP contribution in [0, 0.1) is 6.92 Å². The molecule has 5 heteroatoms. The molecule has 0 aliphatic carbocycles. The second-order valence-corrected chi connectivity index (χ2v) is 5.89. The third-order valence-corrected chi connectivity index (χ3v) is 4.27. The molecule has 100 valence electrons. The minimum Gasteiger partial charge on any atom is -0.372 e. The Balaban J connectivity index is 1.94. The maximum Gasteiger partial charge on any atom is 0.248 e. The van der Waals surface area contributed by atoms with Gasteiger partial charge in [0, 0.05) is 36.7 Å². The molecule has 1 aliphatic rings. The van der Waals surface area contributed by atoms with E-state index in [9.17, 15) is 4.79 Å². The Bertz CT molecular complexity index is 405. The molecule has 0 N–H and O–H groups in total. The van der Waals surface area contributed by atoms with E-state index >= 15 is 0 Å². The first-order valence-corrected chi connectivity index (χ1v) is 7.30. The number of carbonyl (C=O) groups excluding carboxylic acids is 1. The normalized spacial score (nSPS) is 20.1. The molecule has 0 radical (unpaired) electrons. The first-order valence-electron chi connectivity index (χ1n) is 6.48. The van der Waals surface area contributed by atoms with Crippen LogP contribution in [0.5, 0.6) is 0 Å². The molecule has 1 saturated heterocycles. The van der Waals surface area contributed by atoms with Crippen molar-refractivity contribution in [3.05, 3.63) is 16.1 Å². The van der Waals surface area contributed by atoms with E-state index < -0.39 is 0 Å². The van der Waals surface area contributed by atoms with Crippen LogP contribution < -0.4 is 0 Å². The summed E-state index contributed by atoms with van der Waals surface area (Å²) in [5.74, 6) is 0.512. The molecular weight excluding hydrogens is 248 g/mol. The van der Waals surface area contributed by atoms with Gasteiger partial charge in [-0.05, 0) is 26.7 Å². The van der Waals surface area contributed by atoms with Gasteiger partial charge in [-0.1, -0.05) is 0 Å². The van der Waals surface area contributed by atoms with Crippen molar-refractivity contribution in [1.29, 1.82) is 0 Å². The SMILES string of the molecule is CCOCC(=O)N1CCCC(c2ncc(C)s2)C1. The van der Waals surface area contributed by atoms with E-state index in [1.807, 2.05) is 18.0 Å². The number of aryl methyl sites for hydroxylation is 1. The van der Waals surface area contributed by atoms with E-state index in [0.29, 0.717) is 12.5 Å². The van der Waals surface area contributed by atoms with Gasteiger partial charge in [0.25, 0.3) is 0 Å². The highest BCUT2D eigenvalue weighted by Gasteiger charge is 2.26. The maximum atomic E-state index is 11.9. The average Bonchev–Trinajstić information content (AvgIpc) is 2.83.